The monoisotopic (exact) mass is 422 g/mol. The summed E-state index contributed by atoms with van der Waals surface area (Å²) in [5.41, 5.74) is 1.88. The van der Waals surface area contributed by atoms with Crippen molar-refractivity contribution in [1.29, 1.82) is 0 Å². The van der Waals surface area contributed by atoms with Crippen molar-refractivity contribution < 1.29 is 9.59 Å². The second-order valence-corrected chi connectivity index (χ2v) is 9.73. The molecule has 1 saturated carbocycles. The summed E-state index contributed by atoms with van der Waals surface area (Å²) < 4.78 is 0. The van der Waals surface area contributed by atoms with Crippen LogP contribution in [0.2, 0.25) is 0 Å². The van der Waals surface area contributed by atoms with Crippen LogP contribution in [0, 0.1) is 17.3 Å². The molecule has 2 aromatic rings. The molecule has 1 saturated heterocycles. The lowest BCUT2D eigenvalue weighted by Crippen LogP contribution is -2.51. The van der Waals surface area contributed by atoms with Crippen LogP contribution in [0.15, 0.2) is 54.4 Å². The lowest BCUT2D eigenvalue weighted by molar-refractivity contribution is -0.141. The van der Waals surface area contributed by atoms with Crippen molar-refractivity contribution in [2.45, 2.75) is 32.6 Å². The largest absolute Gasteiger partial charge is 0.352 e. The summed E-state index contributed by atoms with van der Waals surface area (Å²) >= 11 is 1.72. The maximum absolute atomic E-state index is 13.2. The van der Waals surface area contributed by atoms with Gasteiger partial charge in [0.15, 0.2) is 0 Å². The second-order valence-electron chi connectivity index (χ2n) is 8.78. The maximum Gasteiger partial charge on any atom is 0.226 e. The van der Waals surface area contributed by atoms with E-state index in [1.807, 2.05) is 4.90 Å². The molecular formula is C25H30N2O2S. The van der Waals surface area contributed by atoms with Crippen LogP contribution in [0.1, 0.15) is 31.7 Å². The second kappa shape index (κ2) is 8.76. The highest BCUT2D eigenvalue weighted by atomic mass is 32.1. The fourth-order valence-corrected chi connectivity index (χ4v) is 5.28. The van der Waals surface area contributed by atoms with Crippen LogP contribution in [-0.4, -0.2) is 36.3 Å². The zero-order chi connectivity index (χ0) is 21.1. The number of rotatable bonds is 7. The van der Waals surface area contributed by atoms with Crippen molar-refractivity contribution in [3.63, 3.8) is 0 Å². The molecule has 2 fully saturated rings. The average Bonchev–Trinajstić information content (AvgIpc) is 3.25. The van der Waals surface area contributed by atoms with E-state index in [2.05, 4.69) is 60.6 Å². The summed E-state index contributed by atoms with van der Waals surface area (Å²) in [6.07, 6.45) is 4.82. The van der Waals surface area contributed by atoms with E-state index in [9.17, 15) is 9.59 Å². The SMILES string of the molecule is C=CCNC(=O)C1(Cc2cccc(-c3cccs3)c2)CCN(C(=O)C2CC2C)CC1. The number of amides is 2. The standard InChI is InChI=1S/C25H30N2O2S/c1-3-11-26-24(29)25(9-12-27(13-10-25)23(28)21-15-18(21)2)17-19-6-4-7-20(16-19)22-8-5-14-30-22/h3-8,14,16,18,21H,1,9-13,15,17H2,2H3,(H,26,29). The van der Waals surface area contributed by atoms with Gasteiger partial charge >= 0.3 is 0 Å². The Morgan fingerprint density at radius 2 is 2.03 bits per heavy atom. The third-order valence-electron chi connectivity index (χ3n) is 6.62. The Bertz CT molecular complexity index is 913. The van der Waals surface area contributed by atoms with Crippen LogP contribution < -0.4 is 5.32 Å². The van der Waals surface area contributed by atoms with Gasteiger partial charge in [-0.1, -0.05) is 43.3 Å². The predicted octanol–water partition coefficient (Wildman–Crippen LogP) is 4.52. The molecule has 1 aliphatic heterocycles. The summed E-state index contributed by atoms with van der Waals surface area (Å²) in [6, 6.07) is 12.7. The van der Waals surface area contributed by atoms with Crippen molar-refractivity contribution in [3.05, 3.63) is 60.0 Å². The molecule has 0 spiro atoms. The van der Waals surface area contributed by atoms with Crippen LogP contribution in [0.5, 0.6) is 0 Å². The van der Waals surface area contributed by atoms with Gasteiger partial charge in [0.25, 0.3) is 0 Å². The Morgan fingerprint density at radius 3 is 2.67 bits per heavy atom. The van der Waals surface area contributed by atoms with Gasteiger partial charge in [0.1, 0.15) is 0 Å². The summed E-state index contributed by atoms with van der Waals surface area (Å²) in [7, 11) is 0. The van der Waals surface area contributed by atoms with Crippen molar-refractivity contribution >= 4 is 23.2 Å². The molecule has 30 heavy (non-hydrogen) atoms. The molecule has 4 nitrogen and oxygen atoms in total. The van der Waals surface area contributed by atoms with Crippen molar-refractivity contribution in [1.82, 2.24) is 10.2 Å². The molecule has 2 unspecified atom stereocenters. The summed E-state index contributed by atoms with van der Waals surface area (Å²) in [4.78, 5) is 29.1. The molecule has 4 rings (SSSR count). The first-order chi connectivity index (χ1) is 14.5. The first-order valence-corrected chi connectivity index (χ1v) is 11.7. The van der Waals surface area contributed by atoms with E-state index < -0.39 is 5.41 Å². The smallest absolute Gasteiger partial charge is 0.226 e. The van der Waals surface area contributed by atoms with Gasteiger partial charge in [0.05, 0.1) is 5.41 Å². The number of hydrogen-bond acceptors (Lipinski definition) is 3. The van der Waals surface area contributed by atoms with E-state index in [1.54, 1.807) is 17.4 Å². The van der Waals surface area contributed by atoms with Crippen molar-refractivity contribution in [2.75, 3.05) is 19.6 Å². The van der Waals surface area contributed by atoms with Crippen LogP contribution >= 0.6 is 11.3 Å². The van der Waals surface area contributed by atoms with E-state index in [0.717, 1.165) is 6.42 Å². The minimum Gasteiger partial charge on any atom is -0.352 e. The number of carbonyl (C=O) groups excluding carboxylic acids is 2. The Kier molecular flexibility index (Phi) is 6.09. The molecular weight excluding hydrogens is 392 g/mol. The molecule has 2 heterocycles. The number of carbonyl (C=O) groups is 2. The highest BCUT2D eigenvalue weighted by Gasteiger charge is 2.46. The number of piperidine rings is 1. The first kappa shape index (κ1) is 20.9. The zero-order valence-corrected chi connectivity index (χ0v) is 18.4. The van der Waals surface area contributed by atoms with Crippen molar-refractivity contribution in [3.8, 4) is 10.4 Å². The van der Waals surface area contributed by atoms with E-state index in [0.29, 0.717) is 44.8 Å². The van der Waals surface area contributed by atoms with Crippen LogP contribution in [-0.2, 0) is 16.0 Å². The van der Waals surface area contributed by atoms with Gasteiger partial charge in [-0.05, 0) is 54.2 Å². The fourth-order valence-electron chi connectivity index (χ4n) is 4.56. The van der Waals surface area contributed by atoms with Gasteiger partial charge in [-0.15, -0.1) is 17.9 Å². The molecule has 0 bridgehead atoms. The average molecular weight is 423 g/mol. The Hall–Kier alpha value is -2.40. The molecule has 2 atom stereocenters. The number of nitrogens with zero attached hydrogens (tertiary/aromatic N) is 1. The number of likely N-dealkylation sites (tertiary alicyclic amines) is 1. The molecule has 1 aromatic heterocycles. The molecule has 1 aromatic carbocycles. The number of benzene rings is 1. The fraction of sp³-hybridized carbons (Fsp3) is 0.440. The molecule has 2 aliphatic rings. The molecule has 2 amide bonds. The van der Waals surface area contributed by atoms with Gasteiger partial charge in [-0.3, -0.25) is 9.59 Å². The summed E-state index contributed by atoms with van der Waals surface area (Å²) in [6.45, 7) is 7.66. The lowest BCUT2D eigenvalue weighted by atomic mass is 9.72. The quantitative estimate of drug-likeness (QED) is 0.667. The number of nitrogens with one attached hydrogen (secondary N) is 1. The van der Waals surface area contributed by atoms with E-state index in [1.165, 1.54) is 16.0 Å². The third kappa shape index (κ3) is 4.36. The Balaban J connectivity index is 1.52. The van der Waals surface area contributed by atoms with E-state index in [4.69, 9.17) is 0 Å². The summed E-state index contributed by atoms with van der Waals surface area (Å²) in [5.74, 6) is 1.08. The molecule has 0 radical (unpaired) electrons. The maximum atomic E-state index is 13.2. The van der Waals surface area contributed by atoms with Crippen LogP contribution in [0.3, 0.4) is 0 Å². The minimum absolute atomic E-state index is 0.0795. The van der Waals surface area contributed by atoms with Gasteiger partial charge in [0.2, 0.25) is 11.8 Å². The third-order valence-corrected chi connectivity index (χ3v) is 7.54. The van der Waals surface area contributed by atoms with Crippen LogP contribution in [0.4, 0.5) is 0 Å². The minimum atomic E-state index is -0.483. The highest BCUT2D eigenvalue weighted by Crippen LogP contribution is 2.42. The number of thiophene rings is 1. The zero-order valence-electron chi connectivity index (χ0n) is 17.6. The lowest BCUT2D eigenvalue weighted by Gasteiger charge is -2.41. The van der Waals surface area contributed by atoms with Crippen molar-refractivity contribution in [2.24, 2.45) is 17.3 Å². The predicted molar refractivity (Wildman–Crippen MR) is 122 cm³/mol. The van der Waals surface area contributed by atoms with Gasteiger partial charge in [-0.2, -0.15) is 0 Å². The van der Waals surface area contributed by atoms with Gasteiger partial charge < -0.3 is 10.2 Å². The Labute approximate surface area is 183 Å². The van der Waals surface area contributed by atoms with Crippen LogP contribution in [0.25, 0.3) is 10.4 Å². The van der Waals surface area contributed by atoms with E-state index in [-0.39, 0.29) is 17.7 Å². The normalized spacial score (nSPS) is 22.4. The van der Waals surface area contributed by atoms with Gasteiger partial charge in [0, 0.05) is 30.4 Å². The Morgan fingerprint density at radius 1 is 1.27 bits per heavy atom. The topological polar surface area (TPSA) is 49.4 Å². The number of hydrogen-bond donors (Lipinski definition) is 1. The molecule has 5 heteroatoms. The van der Waals surface area contributed by atoms with Gasteiger partial charge in [-0.25, -0.2) is 0 Å². The summed E-state index contributed by atoms with van der Waals surface area (Å²) in [5, 5.41) is 5.12. The molecule has 158 valence electrons. The first-order valence-electron chi connectivity index (χ1n) is 10.8. The molecule has 1 N–H and O–H groups in total. The molecule has 1 aliphatic carbocycles. The highest BCUT2D eigenvalue weighted by molar-refractivity contribution is 7.13. The van der Waals surface area contributed by atoms with E-state index >= 15 is 0 Å².